The third kappa shape index (κ3) is 4.75. The van der Waals surface area contributed by atoms with Crippen LogP contribution in [0.15, 0.2) is 30.9 Å². The fraction of sp³-hybridized carbons (Fsp3) is 0.353. The van der Waals surface area contributed by atoms with Crippen LogP contribution in [0.3, 0.4) is 0 Å². The minimum atomic E-state index is -1.22. The number of rotatable bonds is 6. The number of hydrogen-bond acceptors (Lipinski definition) is 8. The van der Waals surface area contributed by atoms with Gasteiger partial charge in [0.15, 0.2) is 5.69 Å². The van der Waals surface area contributed by atoms with Crippen molar-refractivity contribution >= 4 is 23.7 Å². The van der Waals surface area contributed by atoms with Crippen LogP contribution in [-0.2, 0) is 4.79 Å². The molecule has 3 rings (SSSR count). The van der Waals surface area contributed by atoms with Crippen LogP contribution >= 0.6 is 0 Å². The van der Waals surface area contributed by atoms with Crippen molar-refractivity contribution in [1.82, 2.24) is 30.2 Å². The number of carbonyl (C=O) groups is 3. The van der Waals surface area contributed by atoms with Gasteiger partial charge in [-0.2, -0.15) is 0 Å². The van der Waals surface area contributed by atoms with Gasteiger partial charge in [0.1, 0.15) is 5.69 Å². The number of aromatic nitrogens is 4. The van der Waals surface area contributed by atoms with E-state index in [1.807, 2.05) is 4.90 Å². The zero-order valence-corrected chi connectivity index (χ0v) is 15.0. The van der Waals surface area contributed by atoms with Crippen LogP contribution in [-0.4, -0.2) is 80.4 Å². The van der Waals surface area contributed by atoms with E-state index in [4.69, 9.17) is 5.11 Å². The maximum Gasteiger partial charge on any atom is 0.356 e. The Hall–Kier alpha value is -3.63. The van der Waals surface area contributed by atoms with E-state index in [2.05, 4.69) is 25.3 Å². The SMILES string of the molecule is O=C(O)c1cnc(C(=O)NCCC(=O)N2CCN(c3ncccn3)CC2)cn1. The summed E-state index contributed by atoms with van der Waals surface area (Å²) < 4.78 is 0. The second-order valence-electron chi connectivity index (χ2n) is 6.01. The van der Waals surface area contributed by atoms with Gasteiger partial charge in [0.05, 0.1) is 12.4 Å². The Labute approximate surface area is 160 Å². The van der Waals surface area contributed by atoms with Crippen LogP contribution in [0.2, 0.25) is 0 Å². The lowest BCUT2D eigenvalue weighted by Crippen LogP contribution is -2.49. The van der Waals surface area contributed by atoms with Crippen molar-refractivity contribution in [2.24, 2.45) is 0 Å². The van der Waals surface area contributed by atoms with Crippen LogP contribution < -0.4 is 10.2 Å². The van der Waals surface area contributed by atoms with Gasteiger partial charge in [-0.3, -0.25) is 9.59 Å². The van der Waals surface area contributed by atoms with Crippen molar-refractivity contribution in [3.8, 4) is 0 Å². The molecule has 2 amide bonds. The summed E-state index contributed by atoms with van der Waals surface area (Å²) >= 11 is 0. The molecular formula is C17H19N7O4. The van der Waals surface area contributed by atoms with E-state index in [9.17, 15) is 14.4 Å². The van der Waals surface area contributed by atoms with E-state index in [1.165, 1.54) is 0 Å². The standard InChI is InChI=1S/C17H19N7O4/c25-14(23-6-8-24(9-7-23)17-19-3-1-4-20-17)2-5-18-15(26)12-10-22-13(11-21-12)16(27)28/h1,3-4,10-11H,2,5-9H2,(H,18,26)(H,27,28). The van der Waals surface area contributed by atoms with Gasteiger partial charge in [0, 0.05) is 51.5 Å². The van der Waals surface area contributed by atoms with Crippen LogP contribution in [0.5, 0.6) is 0 Å². The molecule has 0 saturated carbocycles. The maximum absolute atomic E-state index is 12.3. The predicted molar refractivity (Wildman–Crippen MR) is 96.8 cm³/mol. The van der Waals surface area contributed by atoms with Crippen molar-refractivity contribution in [2.75, 3.05) is 37.6 Å². The normalized spacial score (nSPS) is 13.9. The smallest absolute Gasteiger partial charge is 0.356 e. The Morgan fingerprint density at radius 3 is 2.21 bits per heavy atom. The van der Waals surface area contributed by atoms with E-state index in [0.29, 0.717) is 32.1 Å². The third-order valence-corrected chi connectivity index (χ3v) is 4.20. The van der Waals surface area contributed by atoms with E-state index in [-0.39, 0.29) is 30.3 Å². The average molecular weight is 385 g/mol. The highest BCUT2D eigenvalue weighted by atomic mass is 16.4. The summed E-state index contributed by atoms with van der Waals surface area (Å²) in [6.45, 7) is 2.57. The molecule has 0 unspecified atom stereocenters. The second kappa shape index (κ2) is 8.84. The highest BCUT2D eigenvalue weighted by Crippen LogP contribution is 2.10. The maximum atomic E-state index is 12.3. The molecule has 1 aliphatic rings. The minimum Gasteiger partial charge on any atom is -0.476 e. The number of carboxylic acid groups (broad SMARTS) is 1. The van der Waals surface area contributed by atoms with Gasteiger partial charge in [0.2, 0.25) is 11.9 Å². The Morgan fingerprint density at radius 1 is 0.964 bits per heavy atom. The van der Waals surface area contributed by atoms with Crippen molar-refractivity contribution in [3.63, 3.8) is 0 Å². The number of piperazine rings is 1. The Bertz CT molecular complexity index is 836. The molecule has 0 aromatic carbocycles. The summed E-state index contributed by atoms with van der Waals surface area (Å²) in [5.74, 6) is -1.13. The third-order valence-electron chi connectivity index (χ3n) is 4.20. The topological polar surface area (TPSA) is 142 Å². The highest BCUT2D eigenvalue weighted by molar-refractivity contribution is 5.93. The number of amides is 2. The van der Waals surface area contributed by atoms with Gasteiger partial charge >= 0.3 is 5.97 Å². The molecule has 2 aromatic heterocycles. The number of aromatic carboxylic acids is 1. The lowest BCUT2D eigenvalue weighted by molar-refractivity contribution is -0.131. The van der Waals surface area contributed by atoms with E-state index >= 15 is 0 Å². The molecule has 0 bridgehead atoms. The van der Waals surface area contributed by atoms with Crippen LogP contribution in [0.1, 0.15) is 27.4 Å². The first-order valence-electron chi connectivity index (χ1n) is 8.68. The predicted octanol–water partition coefficient (Wildman–Crippen LogP) is -0.566. The summed E-state index contributed by atoms with van der Waals surface area (Å²) in [4.78, 5) is 54.6. The van der Waals surface area contributed by atoms with Crippen molar-refractivity contribution in [3.05, 3.63) is 42.2 Å². The Balaban J connectivity index is 1.41. The molecule has 1 fully saturated rings. The first-order chi connectivity index (χ1) is 13.5. The molecular weight excluding hydrogens is 366 g/mol. The quantitative estimate of drug-likeness (QED) is 0.668. The average Bonchev–Trinajstić information content (AvgIpc) is 2.74. The van der Waals surface area contributed by atoms with Crippen molar-refractivity contribution in [1.29, 1.82) is 0 Å². The van der Waals surface area contributed by atoms with Crippen LogP contribution in [0.25, 0.3) is 0 Å². The first-order valence-corrected chi connectivity index (χ1v) is 8.68. The molecule has 2 aromatic rings. The molecule has 0 aliphatic carbocycles. The molecule has 2 N–H and O–H groups in total. The molecule has 0 radical (unpaired) electrons. The Kier molecular flexibility index (Phi) is 6.04. The molecule has 28 heavy (non-hydrogen) atoms. The monoisotopic (exact) mass is 385 g/mol. The second-order valence-corrected chi connectivity index (χ2v) is 6.01. The number of hydrogen-bond donors (Lipinski definition) is 2. The zero-order chi connectivity index (χ0) is 19.9. The van der Waals surface area contributed by atoms with E-state index in [0.717, 1.165) is 12.4 Å². The first kappa shape index (κ1) is 19.1. The molecule has 11 nitrogen and oxygen atoms in total. The van der Waals surface area contributed by atoms with Crippen LogP contribution in [0.4, 0.5) is 5.95 Å². The number of nitrogens with one attached hydrogen (secondary N) is 1. The van der Waals surface area contributed by atoms with Gasteiger partial charge in [-0.05, 0) is 6.07 Å². The highest BCUT2D eigenvalue weighted by Gasteiger charge is 2.22. The molecule has 1 saturated heterocycles. The number of anilines is 1. The number of carboxylic acids is 1. The minimum absolute atomic E-state index is 0.00563. The number of nitrogens with zero attached hydrogens (tertiary/aromatic N) is 6. The van der Waals surface area contributed by atoms with E-state index < -0.39 is 11.9 Å². The van der Waals surface area contributed by atoms with Gasteiger partial charge in [0.25, 0.3) is 5.91 Å². The summed E-state index contributed by atoms with van der Waals surface area (Å²) in [6.07, 6.45) is 5.63. The van der Waals surface area contributed by atoms with Gasteiger partial charge in [-0.15, -0.1) is 0 Å². The molecule has 3 heterocycles. The summed E-state index contributed by atoms with van der Waals surface area (Å²) in [6, 6.07) is 1.75. The summed E-state index contributed by atoms with van der Waals surface area (Å²) in [5.41, 5.74) is -0.249. The van der Waals surface area contributed by atoms with Gasteiger partial charge < -0.3 is 20.2 Å². The number of carbonyl (C=O) groups excluding carboxylic acids is 2. The lowest BCUT2D eigenvalue weighted by Gasteiger charge is -2.34. The molecule has 0 spiro atoms. The Morgan fingerprint density at radius 2 is 1.61 bits per heavy atom. The molecule has 1 aliphatic heterocycles. The van der Waals surface area contributed by atoms with Crippen molar-refractivity contribution in [2.45, 2.75) is 6.42 Å². The van der Waals surface area contributed by atoms with E-state index in [1.54, 1.807) is 23.4 Å². The van der Waals surface area contributed by atoms with Crippen LogP contribution in [0, 0.1) is 0 Å². The van der Waals surface area contributed by atoms with Gasteiger partial charge in [-0.25, -0.2) is 24.7 Å². The largest absolute Gasteiger partial charge is 0.476 e. The zero-order valence-electron chi connectivity index (χ0n) is 15.0. The summed E-state index contributed by atoms with van der Waals surface area (Å²) in [5, 5.41) is 11.4. The molecule has 11 heteroatoms. The molecule has 146 valence electrons. The van der Waals surface area contributed by atoms with Gasteiger partial charge in [-0.1, -0.05) is 0 Å². The fourth-order valence-corrected chi connectivity index (χ4v) is 2.70. The fourth-order valence-electron chi connectivity index (χ4n) is 2.70. The summed E-state index contributed by atoms with van der Waals surface area (Å²) in [7, 11) is 0. The lowest BCUT2D eigenvalue weighted by atomic mass is 10.2. The molecule has 0 atom stereocenters. The van der Waals surface area contributed by atoms with Crippen molar-refractivity contribution < 1.29 is 19.5 Å².